The van der Waals surface area contributed by atoms with Gasteiger partial charge in [-0.25, -0.2) is 8.78 Å². The minimum absolute atomic E-state index is 0.0156. The van der Waals surface area contributed by atoms with E-state index >= 15 is 4.39 Å². The van der Waals surface area contributed by atoms with Crippen molar-refractivity contribution in [3.8, 4) is 5.75 Å². The molecule has 1 aliphatic rings. The molecule has 0 aliphatic carbocycles. The SMILES string of the molecule is Cc1c(F)cccc1[C@H]1[C@@H](C(=O)c2cccc(O)c2)CN(CCCCN(C)C)C[C@@H]1c1cc[c]cc1F. The van der Waals surface area contributed by atoms with Gasteiger partial charge in [0, 0.05) is 36.4 Å². The number of piperidine rings is 1. The lowest BCUT2D eigenvalue weighted by molar-refractivity contribution is 0.0732. The van der Waals surface area contributed by atoms with Gasteiger partial charge in [0.1, 0.15) is 17.4 Å². The van der Waals surface area contributed by atoms with Crippen molar-refractivity contribution in [3.05, 3.63) is 101 Å². The predicted molar refractivity (Wildman–Crippen MR) is 142 cm³/mol. The Kier molecular flexibility index (Phi) is 8.72. The maximum atomic E-state index is 15.2. The van der Waals surface area contributed by atoms with Gasteiger partial charge in [0.15, 0.2) is 5.78 Å². The molecule has 0 aromatic heterocycles. The first kappa shape index (κ1) is 27.0. The third kappa shape index (κ3) is 6.25. The third-order valence-electron chi connectivity index (χ3n) is 7.49. The molecule has 1 fully saturated rings. The van der Waals surface area contributed by atoms with Crippen LogP contribution < -0.4 is 0 Å². The van der Waals surface area contributed by atoms with Crippen LogP contribution in [0.25, 0.3) is 0 Å². The van der Waals surface area contributed by atoms with Crippen LogP contribution in [0, 0.1) is 30.5 Å². The summed E-state index contributed by atoms with van der Waals surface area (Å²) in [5, 5.41) is 10.1. The summed E-state index contributed by atoms with van der Waals surface area (Å²) in [6, 6.07) is 18.8. The van der Waals surface area contributed by atoms with Crippen LogP contribution in [0.3, 0.4) is 0 Å². The normalized spacial score (nSPS) is 20.3. The van der Waals surface area contributed by atoms with Crippen LogP contribution in [0.4, 0.5) is 8.78 Å². The summed E-state index contributed by atoms with van der Waals surface area (Å²) in [5.74, 6) is -2.15. The zero-order valence-electron chi connectivity index (χ0n) is 21.8. The van der Waals surface area contributed by atoms with Gasteiger partial charge in [-0.2, -0.15) is 0 Å². The topological polar surface area (TPSA) is 43.8 Å². The predicted octanol–water partition coefficient (Wildman–Crippen LogP) is 5.80. The molecule has 37 heavy (non-hydrogen) atoms. The molecule has 3 aromatic rings. The number of phenolic OH excluding ortho intramolecular Hbond substituents is 1. The van der Waals surface area contributed by atoms with Crippen molar-refractivity contribution in [2.45, 2.75) is 31.6 Å². The molecule has 0 bridgehead atoms. The number of halogens is 2. The zero-order chi connectivity index (χ0) is 26.5. The summed E-state index contributed by atoms with van der Waals surface area (Å²) < 4.78 is 30.0. The molecule has 0 saturated carbocycles. The monoisotopic (exact) mass is 505 g/mol. The van der Waals surface area contributed by atoms with E-state index in [0.29, 0.717) is 29.8 Å². The maximum absolute atomic E-state index is 15.2. The zero-order valence-corrected chi connectivity index (χ0v) is 21.8. The second-order valence-corrected chi connectivity index (χ2v) is 10.3. The highest BCUT2D eigenvalue weighted by Crippen LogP contribution is 2.46. The van der Waals surface area contributed by atoms with Gasteiger partial charge in [0.25, 0.3) is 0 Å². The summed E-state index contributed by atoms with van der Waals surface area (Å²) in [4.78, 5) is 18.4. The number of nitrogens with zero attached hydrogens (tertiary/aromatic N) is 2. The van der Waals surface area contributed by atoms with Gasteiger partial charge >= 0.3 is 0 Å². The number of hydrogen-bond acceptors (Lipinski definition) is 4. The summed E-state index contributed by atoms with van der Waals surface area (Å²) in [6.07, 6.45) is 1.97. The van der Waals surface area contributed by atoms with Crippen LogP contribution >= 0.6 is 0 Å². The van der Waals surface area contributed by atoms with Gasteiger partial charge in [-0.1, -0.05) is 36.4 Å². The number of phenols is 1. The molecule has 3 aromatic carbocycles. The average Bonchev–Trinajstić information content (AvgIpc) is 2.88. The van der Waals surface area contributed by atoms with Gasteiger partial charge in [-0.15, -0.1) is 0 Å². The van der Waals surface area contributed by atoms with Crippen LogP contribution in [-0.2, 0) is 0 Å². The van der Waals surface area contributed by atoms with Crippen LogP contribution in [0.5, 0.6) is 5.75 Å². The van der Waals surface area contributed by atoms with Crippen molar-refractivity contribution in [1.29, 1.82) is 0 Å². The third-order valence-corrected chi connectivity index (χ3v) is 7.49. The number of carbonyl (C=O) groups is 1. The van der Waals surface area contributed by atoms with Gasteiger partial charge in [-0.05, 0) is 94.0 Å². The van der Waals surface area contributed by atoms with E-state index in [1.54, 1.807) is 37.3 Å². The van der Waals surface area contributed by atoms with E-state index in [-0.39, 0.29) is 29.1 Å². The summed E-state index contributed by atoms with van der Waals surface area (Å²) in [7, 11) is 4.09. The molecule has 4 rings (SSSR count). The molecule has 1 saturated heterocycles. The highest BCUT2D eigenvalue weighted by Gasteiger charge is 2.43. The number of hydrogen-bond donors (Lipinski definition) is 1. The Morgan fingerprint density at radius 1 is 1.05 bits per heavy atom. The van der Waals surface area contributed by atoms with E-state index in [4.69, 9.17) is 0 Å². The summed E-state index contributed by atoms with van der Waals surface area (Å²) in [5.41, 5.74) is 2.12. The Bertz CT molecular complexity index is 1230. The number of unbranched alkanes of at least 4 members (excludes halogenated alkanes) is 1. The lowest BCUT2D eigenvalue weighted by Gasteiger charge is -2.44. The van der Waals surface area contributed by atoms with Crippen LogP contribution in [-0.4, -0.2) is 61.0 Å². The van der Waals surface area contributed by atoms with Crippen LogP contribution in [0.15, 0.2) is 60.7 Å². The van der Waals surface area contributed by atoms with Crippen LogP contribution in [0.1, 0.15) is 51.7 Å². The first-order valence-corrected chi connectivity index (χ1v) is 12.9. The smallest absolute Gasteiger partial charge is 0.167 e. The van der Waals surface area contributed by atoms with Crippen LogP contribution in [0.2, 0.25) is 0 Å². The molecule has 4 nitrogen and oxygen atoms in total. The van der Waals surface area contributed by atoms with E-state index < -0.39 is 11.8 Å². The van der Waals surface area contributed by atoms with Crippen molar-refractivity contribution >= 4 is 5.78 Å². The Morgan fingerprint density at radius 3 is 2.57 bits per heavy atom. The van der Waals surface area contributed by atoms with Gasteiger partial charge in [0.2, 0.25) is 0 Å². The van der Waals surface area contributed by atoms with E-state index in [1.807, 2.05) is 20.2 Å². The molecular formula is C31H35F2N2O2. The molecule has 1 heterocycles. The quantitative estimate of drug-likeness (QED) is 0.295. The van der Waals surface area contributed by atoms with Gasteiger partial charge in [0.05, 0.1) is 0 Å². The first-order chi connectivity index (χ1) is 17.8. The van der Waals surface area contributed by atoms with E-state index in [9.17, 15) is 14.3 Å². The Balaban J connectivity index is 1.79. The largest absolute Gasteiger partial charge is 0.508 e. The number of Topliss-reactive ketones (excluding diaryl/α,β-unsaturated/α-hetero) is 1. The van der Waals surface area contributed by atoms with Crippen molar-refractivity contribution in [2.24, 2.45) is 5.92 Å². The Morgan fingerprint density at radius 2 is 1.84 bits per heavy atom. The second-order valence-electron chi connectivity index (χ2n) is 10.3. The number of carbonyl (C=O) groups excluding carboxylic acids is 1. The number of aromatic hydroxyl groups is 1. The fourth-order valence-electron chi connectivity index (χ4n) is 5.64. The molecule has 3 atom stereocenters. The van der Waals surface area contributed by atoms with Crippen molar-refractivity contribution in [3.63, 3.8) is 0 Å². The highest BCUT2D eigenvalue weighted by atomic mass is 19.1. The first-order valence-electron chi connectivity index (χ1n) is 12.9. The van der Waals surface area contributed by atoms with Gasteiger partial charge < -0.3 is 14.9 Å². The molecule has 1 aliphatic heterocycles. The fraction of sp³-hybridized carbons (Fsp3) is 0.387. The number of rotatable bonds is 9. The van der Waals surface area contributed by atoms with Crippen molar-refractivity contribution in [1.82, 2.24) is 9.80 Å². The standard InChI is InChI=1S/C31H35F2N2O2/c1-21-24(13-9-15-28(21)32)30-26(25-12-4-5-14-29(25)33)19-35(17-7-6-16-34(2)3)20-27(30)31(37)22-10-8-11-23(36)18-22/h4,8-15,18,26-27,30,36H,6-7,16-17,19-20H2,1-3H3/t26-,27+,30-/m1/s1. The van der Waals surface area contributed by atoms with E-state index in [0.717, 1.165) is 31.5 Å². The molecule has 1 radical (unpaired) electrons. The summed E-state index contributed by atoms with van der Waals surface area (Å²) in [6.45, 7) is 4.52. The fourth-order valence-corrected chi connectivity index (χ4v) is 5.64. The summed E-state index contributed by atoms with van der Waals surface area (Å²) >= 11 is 0. The minimum Gasteiger partial charge on any atom is -0.508 e. The molecular weight excluding hydrogens is 470 g/mol. The molecule has 0 amide bonds. The van der Waals surface area contributed by atoms with Crippen molar-refractivity contribution in [2.75, 3.05) is 40.3 Å². The molecule has 0 unspecified atom stereocenters. The van der Waals surface area contributed by atoms with E-state index in [2.05, 4.69) is 15.9 Å². The average molecular weight is 506 g/mol. The minimum atomic E-state index is -0.543. The lowest BCUT2D eigenvalue weighted by Crippen LogP contribution is -2.47. The Labute approximate surface area is 218 Å². The van der Waals surface area contributed by atoms with Gasteiger partial charge in [-0.3, -0.25) is 4.79 Å². The molecule has 6 heteroatoms. The molecule has 195 valence electrons. The molecule has 0 spiro atoms. The lowest BCUT2D eigenvalue weighted by atomic mass is 9.67. The highest BCUT2D eigenvalue weighted by molar-refractivity contribution is 5.99. The number of ketones is 1. The van der Waals surface area contributed by atoms with Crippen molar-refractivity contribution < 1.29 is 18.7 Å². The second kappa shape index (κ2) is 12.0. The maximum Gasteiger partial charge on any atom is 0.167 e. The van der Waals surface area contributed by atoms with E-state index in [1.165, 1.54) is 24.3 Å². The molecule has 1 N–H and O–H groups in total. The number of benzene rings is 3. The number of likely N-dealkylation sites (tertiary alicyclic amines) is 1. The Hall–Kier alpha value is -3.09.